The largest absolute Gasteiger partial charge is 0.480 e. The van der Waals surface area contributed by atoms with Crippen LogP contribution in [-0.4, -0.2) is 21.9 Å². The van der Waals surface area contributed by atoms with Gasteiger partial charge in [-0.1, -0.05) is 36.4 Å². The zero-order valence-corrected chi connectivity index (χ0v) is 14.5. The molecule has 1 aliphatic heterocycles. The maximum Gasteiger partial charge on any atom is 0.322 e. The normalized spacial score (nSPS) is 23.6. The zero-order valence-electron chi connectivity index (χ0n) is 12.9. The maximum atomic E-state index is 11.5. The highest BCUT2D eigenvalue weighted by Crippen LogP contribution is 2.49. The van der Waals surface area contributed by atoms with Gasteiger partial charge in [0.15, 0.2) is 0 Å². The van der Waals surface area contributed by atoms with E-state index in [9.17, 15) is 9.90 Å². The molecule has 118 valence electrons. The van der Waals surface area contributed by atoms with Crippen molar-refractivity contribution in [3.05, 3.63) is 48.0 Å². The number of carboxylic acids is 1. The van der Waals surface area contributed by atoms with Crippen LogP contribution in [0.15, 0.2) is 42.5 Å². The average Bonchev–Trinajstić information content (AvgIpc) is 3.04. The van der Waals surface area contributed by atoms with Gasteiger partial charge in [-0.25, -0.2) is 0 Å². The van der Waals surface area contributed by atoms with Crippen LogP contribution in [0.2, 0.25) is 0 Å². The van der Waals surface area contributed by atoms with Gasteiger partial charge in [-0.15, -0.1) is 23.1 Å². The van der Waals surface area contributed by atoms with Crippen molar-refractivity contribution >= 4 is 49.2 Å². The van der Waals surface area contributed by atoms with Crippen LogP contribution in [0.3, 0.4) is 0 Å². The van der Waals surface area contributed by atoms with Crippen LogP contribution >= 0.6 is 23.1 Å². The molecular formula is C18H17NO2S2. The van der Waals surface area contributed by atoms with E-state index in [1.54, 1.807) is 23.1 Å². The smallest absolute Gasteiger partial charge is 0.322 e. The fraction of sp³-hybridized carbons (Fsp3) is 0.278. The first-order valence-corrected chi connectivity index (χ1v) is 9.24. The summed E-state index contributed by atoms with van der Waals surface area (Å²) in [6, 6.07) is 14.2. The first kappa shape index (κ1) is 15.0. The van der Waals surface area contributed by atoms with Gasteiger partial charge in [0.25, 0.3) is 0 Å². The topological polar surface area (TPSA) is 49.3 Å². The van der Waals surface area contributed by atoms with Crippen molar-refractivity contribution in [2.45, 2.75) is 30.0 Å². The molecular weight excluding hydrogens is 326 g/mol. The highest BCUT2D eigenvalue weighted by atomic mass is 32.2. The molecule has 23 heavy (non-hydrogen) atoms. The number of hydrogen-bond acceptors (Lipinski definition) is 4. The average molecular weight is 343 g/mol. The lowest BCUT2D eigenvalue weighted by Crippen LogP contribution is -2.43. The van der Waals surface area contributed by atoms with E-state index in [4.69, 9.17) is 0 Å². The van der Waals surface area contributed by atoms with Gasteiger partial charge in [0.2, 0.25) is 0 Å². The summed E-state index contributed by atoms with van der Waals surface area (Å²) in [6.45, 7) is 3.99. The van der Waals surface area contributed by atoms with Crippen LogP contribution in [0.5, 0.6) is 0 Å². The maximum absolute atomic E-state index is 11.5. The number of carbonyl (C=O) groups is 1. The lowest BCUT2D eigenvalue weighted by Gasteiger charge is -2.20. The summed E-state index contributed by atoms with van der Waals surface area (Å²) in [7, 11) is 0. The van der Waals surface area contributed by atoms with Crippen molar-refractivity contribution in [3.63, 3.8) is 0 Å². The molecule has 3 aromatic rings. The van der Waals surface area contributed by atoms with Gasteiger partial charge >= 0.3 is 5.97 Å². The second-order valence-corrected chi connectivity index (χ2v) is 9.17. The molecule has 0 radical (unpaired) electrons. The standard InChI is InChI=1S/C18H17NO2S2/c1-18(2)15(17(20)21)19-16(23-18)12-8-5-7-11-10-6-3-4-9-13(10)22-14(11)12/h3-9,15-16,19H,1-2H3,(H,20,21). The van der Waals surface area contributed by atoms with Gasteiger partial charge in [-0.2, -0.15) is 0 Å². The predicted octanol–water partition coefficient (Wildman–Crippen LogP) is 4.62. The van der Waals surface area contributed by atoms with Gasteiger partial charge in [-0.3, -0.25) is 10.1 Å². The molecule has 2 unspecified atom stereocenters. The van der Waals surface area contributed by atoms with E-state index in [0.717, 1.165) is 0 Å². The number of nitrogens with one attached hydrogen (secondary N) is 1. The molecule has 2 aromatic carbocycles. The Morgan fingerprint density at radius 1 is 1.13 bits per heavy atom. The second-order valence-electron chi connectivity index (χ2n) is 6.36. The molecule has 0 saturated carbocycles. The van der Waals surface area contributed by atoms with Crippen LogP contribution < -0.4 is 5.32 Å². The molecule has 0 amide bonds. The highest BCUT2D eigenvalue weighted by molar-refractivity contribution is 8.01. The predicted molar refractivity (Wildman–Crippen MR) is 98.3 cm³/mol. The molecule has 2 heterocycles. The molecule has 4 rings (SSSR count). The van der Waals surface area contributed by atoms with Gasteiger partial charge < -0.3 is 5.11 Å². The summed E-state index contributed by atoms with van der Waals surface area (Å²) in [5.74, 6) is -0.784. The Balaban J connectivity index is 1.85. The van der Waals surface area contributed by atoms with Gasteiger partial charge in [0.1, 0.15) is 6.04 Å². The van der Waals surface area contributed by atoms with Crippen molar-refractivity contribution in [3.8, 4) is 0 Å². The summed E-state index contributed by atoms with van der Waals surface area (Å²) in [4.78, 5) is 11.5. The van der Waals surface area contributed by atoms with Gasteiger partial charge in [0, 0.05) is 24.9 Å². The van der Waals surface area contributed by atoms with Gasteiger partial charge in [0.05, 0.1) is 5.37 Å². The summed E-state index contributed by atoms with van der Waals surface area (Å²) in [5, 5.41) is 15.3. The van der Waals surface area contributed by atoms with Crippen molar-refractivity contribution in [2.24, 2.45) is 0 Å². The highest BCUT2D eigenvalue weighted by Gasteiger charge is 2.46. The number of fused-ring (bicyclic) bond motifs is 3. The molecule has 1 aromatic heterocycles. The molecule has 1 aliphatic rings. The third kappa shape index (κ3) is 2.35. The van der Waals surface area contributed by atoms with Crippen LogP contribution in [0.25, 0.3) is 20.2 Å². The number of hydrogen-bond donors (Lipinski definition) is 2. The van der Waals surface area contributed by atoms with Crippen molar-refractivity contribution in [2.75, 3.05) is 0 Å². The fourth-order valence-corrected chi connectivity index (χ4v) is 6.02. The van der Waals surface area contributed by atoms with E-state index in [0.29, 0.717) is 0 Å². The second kappa shape index (κ2) is 5.23. The Hall–Kier alpha value is -1.56. The third-order valence-corrected chi connectivity index (χ3v) is 7.10. The number of thioether (sulfide) groups is 1. The monoisotopic (exact) mass is 343 g/mol. The molecule has 1 fully saturated rings. The third-order valence-electron chi connectivity index (χ3n) is 4.40. The Kier molecular flexibility index (Phi) is 3.41. The van der Waals surface area contributed by atoms with E-state index in [-0.39, 0.29) is 10.1 Å². The molecule has 1 saturated heterocycles. The Morgan fingerprint density at radius 3 is 2.61 bits per heavy atom. The lowest BCUT2D eigenvalue weighted by atomic mass is 10.0. The molecule has 2 atom stereocenters. The first-order chi connectivity index (χ1) is 11.0. The molecule has 0 aliphatic carbocycles. The van der Waals surface area contributed by atoms with Crippen LogP contribution in [-0.2, 0) is 4.79 Å². The van der Waals surface area contributed by atoms with E-state index in [1.165, 1.54) is 25.7 Å². The van der Waals surface area contributed by atoms with Crippen molar-refractivity contribution in [1.82, 2.24) is 5.32 Å². The molecule has 5 heteroatoms. The van der Waals surface area contributed by atoms with E-state index in [2.05, 4.69) is 47.8 Å². The number of rotatable bonds is 2. The minimum atomic E-state index is -0.784. The lowest BCUT2D eigenvalue weighted by molar-refractivity contribution is -0.139. The molecule has 0 spiro atoms. The number of thiophene rings is 1. The summed E-state index contributed by atoms with van der Waals surface area (Å²) in [6.07, 6.45) is 0. The zero-order chi connectivity index (χ0) is 16.2. The summed E-state index contributed by atoms with van der Waals surface area (Å²) < 4.78 is 2.18. The Labute approximate surface area is 142 Å². The number of aliphatic carboxylic acids is 1. The Morgan fingerprint density at radius 2 is 1.87 bits per heavy atom. The fourth-order valence-electron chi connectivity index (χ4n) is 3.26. The molecule has 3 nitrogen and oxygen atoms in total. The van der Waals surface area contributed by atoms with Crippen LogP contribution in [0.4, 0.5) is 0 Å². The SMILES string of the molecule is CC1(C)SC(c2cccc3c2sc2ccccc23)NC1C(=O)O. The first-order valence-electron chi connectivity index (χ1n) is 7.54. The summed E-state index contributed by atoms with van der Waals surface area (Å²) in [5.41, 5.74) is 1.19. The minimum Gasteiger partial charge on any atom is -0.480 e. The minimum absolute atomic E-state index is 0.00265. The number of carboxylic acid groups (broad SMARTS) is 1. The van der Waals surface area contributed by atoms with E-state index in [1.807, 2.05) is 13.8 Å². The molecule has 0 bridgehead atoms. The van der Waals surface area contributed by atoms with E-state index >= 15 is 0 Å². The van der Waals surface area contributed by atoms with Crippen LogP contribution in [0.1, 0.15) is 24.8 Å². The van der Waals surface area contributed by atoms with Crippen molar-refractivity contribution in [1.29, 1.82) is 0 Å². The van der Waals surface area contributed by atoms with Crippen LogP contribution in [0, 0.1) is 0 Å². The van der Waals surface area contributed by atoms with Gasteiger partial charge in [-0.05, 0) is 25.5 Å². The quantitative estimate of drug-likeness (QED) is 0.713. The Bertz CT molecular complexity index is 916. The van der Waals surface area contributed by atoms with E-state index < -0.39 is 12.0 Å². The summed E-state index contributed by atoms with van der Waals surface area (Å²) >= 11 is 3.48. The van der Waals surface area contributed by atoms with Crippen molar-refractivity contribution < 1.29 is 9.90 Å². The molecule has 2 N–H and O–H groups in total. The number of benzene rings is 2.